The normalized spacial score (nSPS) is 12.2. The Labute approximate surface area is 117 Å². The van der Waals surface area contributed by atoms with E-state index in [1.54, 1.807) is 0 Å². The molecular formula is C14H21BrN2O. The van der Waals surface area contributed by atoms with Crippen LogP contribution in [0.25, 0.3) is 0 Å². The number of benzene rings is 1. The van der Waals surface area contributed by atoms with E-state index in [1.165, 1.54) is 11.1 Å². The van der Waals surface area contributed by atoms with E-state index in [0.29, 0.717) is 6.54 Å². The van der Waals surface area contributed by atoms with Gasteiger partial charge in [-0.3, -0.25) is 4.79 Å². The highest BCUT2D eigenvalue weighted by Gasteiger charge is 2.10. The molecular weight excluding hydrogens is 292 g/mol. The van der Waals surface area contributed by atoms with Gasteiger partial charge in [0.2, 0.25) is 5.91 Å². The molecule has 0 heterocycles. The average Bonchev–Trinajstić information content (AvgIpc) is 2.36. The quantitative estimate of drug-likeness (QED) is 0.848. The molecule has 0 aliphatic carbocycles. The third-order valence-corrected chi connectivity index (χ3v) is 3.65. The van der Waals surface area contributed by atoms with E-state index in [-0.39, 0.29) is 11.9 Å². The van der Waals surface area contributed by atoms with E-state index in [4.69, 9.17) is 0 Å². The van der Waals surface area contributed by atoms with Gasteiger partial charge in [0.15, 0.2) is 0 Å². The maximum Gasteiger partial charge on any atom is 0.236 e. The van der Waals surface area contributed by atoms with Crippen molar-refractivity contribution in [3.05, 3.63) is 33.8 Å². The Bertz CT molecular complexity index is 407. The van der Waals surface area contributed by atoms with Gasteiger partial charge in [-0.1, -0.05) is 35.0 Å². The summed E-state index contributed by atoms with van der Waals surface area (Å²) >= 11 is 3.51. The summed E-state index contributed by atoms with van der Waals surface area (Å²) in [5.74, 6) is 0.0584. The Balaban J connectivity index is 2.44. The van der Waals surface area contributed by atoms with Crippen molar-refractivity contribution in [1.29, 1.82) is 0 Å². The summed E-state index contributed by atoms with van der Waals surface area (Å²) in [4.78, 5) is 11.7. The van der Waals surface area contributed by atoms with Crippen LogP contribution in [-0.2, 0) is 11.3 Å². The lowest BCUT2D eigenvalue weighted by molar-refractivity contribution is -0.122. The molecule has 0 fully saturated rings. The smallest absolute Gasteiger partial charge is 0.236 e. The molecule has 1 rings (SSSR count). The molecule has 1 atom stereocenters. The zero-order valence-corrected chi connectivity index (χ0v) is 12.8. The molecule has 18 heavy (non-hydrogen) atoms. The summed E-state index contributed by atoms with van der Waals surface area (Å²) in [6.45, 7) is 7.42. The maximum absolute atomic E-state index is 11.7. The van der Waals surface area contributed by atoms with Crippen molar-refractivity contribution in [3.8, 4) is 0 Å². The van der Waals surface area contributed by atoms with Gasteiger partial charge >= 0.3 is 0 Å². The van der Waals surface area contributed by atoms with Crippen molar-refractivity contribution in [2.45, 2.75) is 39.8 Å². The van der Waals surface area contributed by atoms with Gasteiger partial charge in [-0.25, -0.2) is 0 Å². The highest BCUT2D eigenvalue weighted by atomic mass is 79.9. The zero-order valence-electron chi connectivity index (χ0n) is 11.2. The first-order chi connectivity index (χ1) is 8.54. The Hall–Kier alpha value is -0.870. The van der Waals surface area contributed by atoms with Crippen LogP contribution < -0.4 is 10.6 Å². The van der Waals surface area contributed by atoms with Gasteiger partial charge in [0.1, 0.15) is 0 Å². The van der Waals surface area contributed by atoms with E-state index < -0.39 is 0 Å². The summed E-state index contributed by atoms with van der Waals surface area (Å²) in [6.07, 6.45) is 0.962. The van der Waals surface area contributed by atoms with Crippen molar-refractivity contribution in [3.63, 3.8) is 0 Å². The lowest BCUT2D eigenvalue weighted by atomic mass is 10.1. The summed E-state index contributed by atoms with van der Waals surface area (Å²) in [5.41, 5.74) is 2.38. The SMILES string of the molecule is CCCNC(=O)C(C)NCc1ccc(C)c(Br)c1. The highest BCUT2D eigenvalue weighted by Crippen LogP contribution is 2.17. The zero-order chi connectivity index (χ0) is 13.5. The van der Waals surface area contributed by atoms with Crippen molar-refractivity contribution in [1.82, 2.24) is 10.6 Å². The number of hydrogen-bond acceptors (Lipinski definition) is 2. The monoisotopic (exact) mass is 312 g/mol. The molecule has 1 unspecified atom stereocenters. The molecule has 0 aliphatic heterocycles. The van der Waals surface area contributed by atoms with Gasteiger partial charge < -0.3 is 10.6 Å². The van der Waals surface area contributed by atoms with Crippen LogP contribution in [0.15, 0.2) is 22.7 Å². The fourth-order valence-electron chi connectivity index (χ4n) is 1.51. The Morgan fingerprint density at radius 1 is 1.44 bits per heavy atom. The second-order valence-electron chi connectivity index (χ2n) is 4.48. The van der Waals surface area contributed by atoms with Crippen LogP contribution in [-0.4, -0.2) is 18.5 Å². The second kappa shape index (κ2) is 7.54. The van der Waals surface area contributed by atoms with Crippen molar-refractivity contribution in [2.75, 3.05) is 6.54 Å². The number of rotatable bonds is 6. The Morgan fingerprint density at radius 2 is 2.17 bits per heavy atom. The number of halogens is 1. The number of amides is 1. The summed E-state index contributed by atoms with van der Waals surface area (Å²) in [5, 5.41) is 6.10. The third-order valence-electron chi connectivity index (χ3n) is 2.79. The molecule has 1 aromatic carbocycles. The van der Waals surface area contributed by atoms with Crippen LogP contribution in [0.3, 0.4) is 0 Å². The molecule has 0 bridgehead atoms. The van der Waals surface area contributed by atoms with E-state index >= 15 is 0 Å². The molecule has 0 aromatic heterocycles. The van der Waals surface area contributed by atoms with Gasteiger partial charge in [0.05, 0.1) is 6.04 Å². The number of carbonyl (C=O) groups excluding carboxylic acids is 1. The minimum Gasteiger partial charge on any atom is -0.355 e. The van der Waals surface area contributed by atoms with Crippen LogP contribution in [0.1, 0.15) is 31.4 Å². The third kappa shape index (κ3) is 4.78. The molecule has 0 spiro atoms. The molecule has 0 saturated heterocycles. The van der Waals surface area contributed by atoms with Crippen molar-refractivity contribution >= 4 is 21.8 Å². The number of aryl methyl sites for hydroxylation is 1. The van der Waals surface area contributed by atoms with Gasteiger partial charge in [0, 0.05) is 17.6 Å². The first kappa shape index (κ1) is 15.2. The summed E-state index contributed by atoms with van der Waals surface area (Å²) < 4.78 is 1.10. The Morgan fingerprint density at radius 3 is 2.78 bits per heavy atom. The van der Waals surface area contributed by atoms with Crippen molar-refractivity contribution < 1.29 is 4.79 Å². The topological polar surface area (TPSA) is 41.1 Å². The lowest BCUT2D eigenvalue weighted by Gasteiger charge is -2.14. The predicted octanol–water partition coefficient (Wildman–Crippen LogP) is 2.76. The molecule has 1 aromatic rings. The fraction of sp³-hybridized carbons (Fsp3) is 0.500. The fourth-order valence-corrected chi connectivity index (χ4v) is 1.94. The van der Waals surface area contributed by atoms with Crippen molar-refractivity contribution in [2.24, 2.45) is 0 Å². The van der Waals surface area contributed by atoms with E-state index in [9.17, 15) is 4.79 Å². The minimum absolute atomic E-state index is 0.0584. The number of nitrogens with one attached hydrogen (secondary N) is 2. The molecule has 0 saturated carbocycles. The van der Waals surface area contributed by atoms with Gasteiger partial charge in [-0.15, -0.1) is 0 Å². The Kier molecular flexibility index (Phi) is 6.36. The molecule has 0 radical (unpaired) electrons. The molecule has 100 valence electrons. The highest BCUT2D eigenvalue weighted by molar-refractivity contribution is 9.10. The number of hydrogen-bond donors (Lipinski definition) is 2. The average molecular weight is 313 g/mol. The largest absolute Gasteiger partial charge is 0.355 e. The molecule has 2 N–H and O–H groups in total. The number of carbonyl (C=O) groups is 1. The minimum atomic E-state index is -0.170. The summed E-state index contributed by atoms with van der Waals surface area (Å²) in [7, 11) is 0. The summed E-state index contributed by atoms with van der Waals surface area (Å²) in [6, 6.07) is 6.06. The first-order valence-electron chi connectivity index (χ1n) is 6.30. The lowest BCUT2D eigenvalue weighted by Crippen LogP contribution is -2.42. The van der Waals surface area contributed by atoms with E-state index in [2.05, 4.69) is 51.7 Å². The van der Waals surface area contributed by atoms with Crippen LogP contribution in [0.2, 0.25) is 0 Å². The van der Waals surface area contributed by atoms with Crippen LogP contribution in [0.4, 0.5) is 0 Å². The van der Waals surface area contributed by atoms with Gasteiger partial charge in [-0.05, 0) is 37.5 Å². The molecule has 1 amide bonds. The van der Waals surface area contributed by atoms with Crippen LogP contribution >= 0.6 is 15.9 Å². The second-order valence-corrected chi connectivity index (χ2v) is 5.33. The molecule has 3 nitrogen and oxygen atoms in total. The standard InChI is InChI=1S/C14H21BrN2O/c1-4-7-16-14(18)11(3)17-9-12-6-5-10(2)13(15)8-12/h5-6,8,11,17H,4,7,9H2,1-3H3,(H,16,18). The van der Waals surface area contributed by atoms with Crippen LogP contribution in [0.5, 0.6) is 0 Å². The van der Waals surface area contributed by atoms with Gasteiger partial charge in [-0.2, -0.15) is 0 Å². The first-order valence-corrected chi connectivity index (χ1v) is 7.10. The maximum atomic E-state index is 11.7. The van der Waals surface area contributed by atoms with E-state index in [0.717, 1.165) is 17.4 Å². The predicted molar refractivity (Wildman–Crippen MR) is 78.5 cm³/mol. The molecule has 4 heteroatoms. The van der Waals surface area contributed by atoms with E-state index in [1.807, 2.05) is 13.8 Å². The molecule has 0 aliphatic rings. The van der Waals surface area contributed by atoms with Gasteiger partial charge in [0.25, 0.3) is 0 Å². The van der Waals surface area contributed by atoms with Crippen LogP contribution in [0, 0.1) is 6.92 Å².